The molecule has 6 nitrogen and oxygen atoms in total. The van der Waals surface area contributed by atoms with Gasteiger partial charge in [0.25, 0.3) is 0 Å². The molecule has 0 amide bonds. The van der Waals surface area contributed by atoms with E-state index in [1.54, 1.807) is 30.8 Å². The van der Waals surface area contributed by atoms with Crippen molar-refractivity contribution >= 4 is 11.5 Å². The number of hydrogen-bond acceptors (Lipinski definition) is 5. The second-order valence-corrected chi connectivity index (χ2v) is 5.83. The van der Waals surface area contributed by atoms with Crippen LogP contribution in [-0.4, -0.2) is 45.5 Å². The summed E-state index contributed by atoms with van der Waals surface area (Å²) in [4.78, 5) is 6.48. The van der Waals surface area contributed by atoms with Crippen LogP contribution in [-0.2, 0) is 0 Å². The van der Waals surface area contributed by atoms with Crippen LogP contribution in [0.3, 0.4) is 0 Å². The van der Waals surface area contributed by atoms with Crippen molar-refractivity contribution < 1.29 is 9.84 Å². The van der Waals surface area contributed by atoms with Gasteiger partial charge >= 0.3 is 0 Å². The Morgan fingerprint density at radius 3 is 2.60 bits per heavy atom. The maximum absolute atomic E-state index is 10.0. The molecule has 2 aromatic rings. The van der Waals surface area contributed by atoms with E-state index in [2.05, 4.69) is 10.1 Å². The summed E-state index contributed by atoms with van der Waals surface area (Å²) < 4.78 is 7.56. The molecule has 0 aliphatic rings. The summed E-state index contributed by atoms with van der Waals surface area (Å²) in [6.45, 7) is 7.24. The highest BCUT2D eigenvalue weighted by Crippen LogP contribution is 2.28. The molecule has 2 aromatic heterocycles. The van der Waals surface area contributed by atoms with Crippen LogP contribution >= 0.6 is 0 Å². The number of aryl methyl sites for hydroxylation is 1. The Labute approximate surface area is 119 Å². The second-order valence-electron chi connectivity index (χ2n) is 5.83. The van der Waals surface area contributed by atoms with Gasteiger partial charge in [-0.3, -0.25) is 0 Å². The van der Waals surface area contributed by atoms with Crippen molar-refractivity contribution in [2.45, 2.75) is 39.4 Å². The minimum atomic E-state index is -0.932. The number of rotatable bonds is 4. The van der Waals surface area contributed by atoms with Gasteiger partial charge in [-0.15, -0.1) is 0 Å². The molecule has 0 aromatic carbocycles. The Balaban J connectivity index is 2.48. The first-order chi connectivity index (χ1) is 9.20. The van der Waals surface area contributed by atoms with E-state index in [-0.39, 0.29) is 6.10 Å². The van der Waals surface area contributed by atoms with Gasteiger partial charge in [-0.1, -0.05) is 0 Å². The average molecular weight is 278 g/mol. The van der Waals surface area contributed by atoms with Crippen LogP contribution in [0, 0.1) is 6.92 Å². The summed E-state index contributed by atoms with van der Waals surface area (Å²) >= 11 is 0. The second kappa shape index (κ2) is 4.94. The predicted molar refractivity (Wildman–Crippen MR) is 78.4 cm³/mol. The van der Waals surface area contributed by atoms with Gasteiger partial charge in [0.1, 0.15) is 6.10 Å². The van der Waals surface area contributed by atoms with Crippen molar-refractivity contribution in [1.29, 1.82) is 0 Å². The molecule has 0 radical (unpaired) electrons. The minimum absolute atomic E-state index is 0.364. The van der Waals surface area contributed by atoms with Crippen molar-refractivity contribution in [2.24, 2.45) is 0 Å². The number of ether oxygens (including phenoxy) is 1. The molecule has 0 saturated carbocycles. The van der Waals surface area contributed by atoms with Gasteiger partial charge < -0.3 is 14.7 Å². The van der Waals surface area contributed by atoms with Crippen LogP contribution < -0.4 is 9.64 Å². The fraction of sp³-hybridized carbons (Fsp3) is 0.571. The first kappa shape index (κ1) is 14.6. The normalized spacial score (nSPS) is 13.6. The molecule has 0 saturated heterocycles. The molecule has 6 heteroatoms. The highest BCUT2D eigenvalue weighted by molar-refractivity contribution is 5.58. The quantitative estimate of drug-likeness (QED) is 0.921. The van der Waals surface area contributed by atoms with Gasteiger partial charge in [0, 0.05) is 19.7 Å². The summed E-state index contributed by atoms with van der Waals surface area (Å²) in [6, 6.07) is 0. The zero-order valence-electron chi connectivity index (χ0n) is 12.9. The molecule has 0 aliphatic heterocycles. The third kappa shape index (κ3) is 2.70. The van der Waals surface area contributed by atoms with Crippen LogP contribution in [0.1, 0.15) is 26.3 Å². The zero-order valence-corrected chi connectivity index (χ0v) is 12.9. The smallest absolute Gasteiger partial charge is 0.180 e. The predicted octanol–water partition coefficient (Wildman–Crippen LogP) is 1.64. The van der Waals surface area contributed by atoms with Gasteiger partial charge in [-0.25, -0.2) is 9.50 Å². The number of nitrogens with zero attached hydrogens (tertiary/aromatic N) is 4. The molecule has 0 fully saturated rings. The third-order valence-electron chi connectivity index (χ3n) is 3.34. The van der Waals surface area contributed by atoms with E-state index in [0.29, 0.717) is 5.75 Å². The summed E-state index contributed by atoms with van der Waals surface area (Å²) in [5.74, 6) is 1.32. The van der Waals surface area contributed by atoms with E-state index in [9.17, 15) is 5.11 Å². The van der Waals surface area contributed by atoms with Crippen molar-refractivity contribution in [3.8, 4) is 5.75 Å². The molecule has 0 bridgehead atoms. The molecule has 0 spiro atoms. The average Bonchev–Trinajstić information content (AvgIpc) is 2.68. The lowest BCUT2D eigenvalue weighted by Gasteiger charge is -2.28. The number of aromatic nitrogens is 3. The first-order valence-corrected chi connectivity index (χ1v) is 6.61. The maximum atomic E-state index is 10.0. The number of hydrogen-bond donors (Lipinski definition) is 1. The Hall–Kier alpha value is -1.82. The lowest BCUT2D eigenvalue weighted by Crippen LogP contribution is -2.38. The van der Waals surface area contributed by atoms with E-state index in [0.717, 1.165) is 17.0 Å². The Morgan fingerprint density at radius 1 is 1.40 bits per heavy atom. The molecule has 20 heavy (non-hydrogen) atoms. The monoisotopic (exact) mass is 278 g/mol. The topological polar surface area (TPSA) is 62.9 Å². The van der Waals surface area contributed by atoms with Crippen LogP contribution in [0.15, 0.2) is 12.4 Å². The Morgan fingerprint density at radius 2 is 2.05 bits per heavy atom. The number of aliphatic hydroxyl groups is 1. The summed E-state index contributed by atoms with van der Waals surface area (Å²) in [5.41, 5.74) is 0.880. The Kier molecular flexibility index (Phi) is 3.60. The number of anilines is 1. The molecule has 0 aliphatic carbocycles. The highest BCUT2D eigenvalue weighted by atomic mass is 16.5. The molecule has 1 atom stereocenters. The maximum Gasteiger partial charge on any atom is 0.180 e. The summed E-state index contributed by atoms with van der Waals surface area (Å²) in [7, 11) is 3.82. The molecular formula is C14H22N4O2. The lowest BCUT2D eigenvalue weighted by atomic mass is 10.0. The lowest BCUT2D eigenvalue weighted by molar-refractivity contribution is -0.0242. The molecular weight excluding hydrogens is 256 g/mol. The first-order valence-electron chi connectivity index (χ1n) is 6.61. The Bertz CT molecular complexity index is 613. The van der Waals surface area contributed by atoms with E-state index < -0.39 is 5.60 Å². The van der Waals surface area contributed by atoms with E-state index in [4.69, 9.17) is 4.74 Å². The zero-order chi connectivity index (χ0) is 15.1. The summed E-state index contributed by atoms with van der Waals surface area (Å²) in [5, 5.41) is 14.3. The van der Waals surface area contributed by atoms with Crippen LogP contribution in [0.4, 0.5) is 5.82 Å². The molecule has 1 N–H and O–H groups in total. The molecule has 2 heterocycles. The van der Waals surface area contributed by atoms with Gasteiger partial charge in [-0.2, -0.15) is 5.10 Å². The van der Waals surface area contributed by atoms with Gasteiger partial charge in [0.05, 0.1) is 18.0 Å². The van der Waals surface area contributed by atoms with E-state index >= 15 is 0 Å². The fourth-order valence-corrected chi connectivity index (χ4v) is 1.74. The van der Waals surface area contributed by atoms with Gasteiger partial charge in [-0.05, 0) is 27.7 Å². The fourth-order valence-electron chi connectivity index (χ4n) is 1.74. The van der Waals surface area contributed by atoms with Gasteiger partial charge in [0.2, 0.25) is 0 Å². The van der Waals surface area contributed by atoms with E-state index in [1.807, 2.05) is 32.8 Å². The molecule has 2 rings (SSSR count). The van der Waals surface area contributed by atoms with Gasteiger partial charge in [0.15, 0.2) is 17.2 Å². The molecule has 1 unspecified atom stereocenters. The summed E-state index contributed by atoms with van der Waals surface area (Å²) in [6.07, 6.45) is 3.20. The standard InChI is InChI=1S/C14H22N4O2/c1-9-7-15-18-8-11(20-10(2)14(3,4)19)13(17(5)6)16-12(9)18/h7-8,10,19H,1-6H3. The molecule has 110 valence electrons. The van der Waals surface area contributed by atoms with Crippen molar-refractivity contribution in [3.05, 3.63) is 18.0 Å². The van der Waals surface area contributed by atoms with E-state index in [1.165, 1.54) is 0 Å². The number of fused-ring (bicyclic) bond motifs is 1. The van der Waals surface area contributed by atoms with Crippen LogP contribution in [0.2, 0.25) is 0 Å². The largest absolute Gasteiger partial charge is 0.482 e. The van der Waals surface area contributed by atoms with Crippen LogP contribution in [0.25, 0.3) is 5.65 Å². The third-order valence-corrected chi connectivity index (χ3v) is 3.34. The minimum Gasteiger partial charge on any atom is -0.482 e. The van der Waals surface area contributed by atoms with Crippen molar-refractivity contribution in [3.63, 3.8) is 0 Å². The SMILES string of the molecule is Cc1cnn2cc(OC(C)C(C)(C)O)c(N(C)C)nc12. The van der Waals surface area contributed by atoms with Crippen LogP contribution in [0.5, 0.6) is 5.75 Å². The van der Waals surface area contributed by atoms with Crippen molar-refractivity contribution in [1.82, 2.24) is 14.6 Å². The highest BCUT2D eigenvalue weighted by Gasteiger charge is 2.26. The van der Waals surface area contributed by atoms with Crippen molar-refractivity contribution in [2.75, 3.05) is 19.0 Å².